The standard InChI is InChI=1S/C16H20N2/c1-11-7-13(3)15(8-12(11)2)16(17)9-14-5-4-6-18-10-14/h4-8,10,16H,9,17H2,1-3H3. The molecule has 1 aromatic heterocycles. The third-order valence-corrected chi connectivity index (χ3v) is 3.46. The molecule has 0 saturated heterocycles. The number of benzene rings is 1. The maximum absolute atomic E-state index is 6.32. The van der Waals surface area contributed by atoms with Crippen molar-refractivity contribution in [2.75, 3.05) is 0 Å². The maximum Gasteiger partial charge on any atom is 0.0339 e. The molecule has 0 aliphatic carbocycles. The predicted octanol–water partition coefficient (Wildman–Crippen LogP) is 3.25. The van der Waals surface area contributed by atoms with Gasteiger partial charge in [0.2, 0.25) is 0 Å². The molecular weight excluding hydrogens is 220 g/mol. The Balaban J connectivity index is 2.24. The van der Waals surface area contributed by atoms with E-state index in [4.69, 9.17) is 5.73 Å². The van der Waals surface area contributed by atoms with E-state index in [0.29, 0.717) is 0 Å². The van der Waals surface area contributed by atoms with Gasteiger partial charge in [-0.1, -0.05) is 18.2 Å². The largest absolute Gasteiger partial charge is 0.324 e. The molecule has 0 bridgehead atoms. The second-order valence-electron chi connectivity index (χ2n) is 4.96. The van der Waals surface area contributed by atoms with E-state index in [9.17, 15) is 0 Å². The number of hydrogen-bond acceptors (Lipinski definition) is 2. The molecule has 2 heteroatoms. The zero-order chi connectivity index (χ0) is 13.1. The summed E-state index contributed by atoms with van der Waals surface area (Å²) in [6.07, 6.45) is 4.50. The number of nitrogens with zero attached hydrogens (tertiary/aromatic N) is 1. The minimum absolute atomic E-state index is 0.0356. The van der Waals surface area contributed by atoms with Crippen LogP contribution in [0.2, 0.25) is 0 Å². The molecule has 0 saturated carbocycles. The summed E-state index contributed by atoms with van der Waals surface area (Å²) < 4.78 is 0. The molecular formula is C16H20N2. The van der Waals surface area contributed by atoms with Crippen molar-refractivity contribution >= 4 is 0 Å². The lowest BCUT2D eigenvalue weighted by molar-refractivity contribution is 0.713. The molecule has 0 radical (unpaired) electrons. The van der Waals surface area contributed by atoms with E-state index in [1.807, 2.05) is 12.3 Å². The SMILES string of the molecule is Cc1cc(C)c(C(N)Cc2cccnc2)cc1C. The van der Waals surface area contributed by atoms with Crippen molar-refractivity contribution in [1.29, 1.82) is 0 Å². The third-order valence-electron chi connectivity index (χ3n) is 3.46. The second kappa shape index (κ2) is 5.32. The van der Waals surface area contributed by atoms with Crippen LogP contribution in [0, 0.1) is 20.8 Å². The summed E-state index contributed by atoms with van der Waals surface area (Å²) in [4.78, 5) is 4.13. The first kappa shape index (κ1) is 12.8. The van der Waals surface area contributed by atoms with Crippen LogP contribution in [0.3, 0.4) is 0 Å². The minimum atomic E-state index is 0.0356. The Morgan fingerprint density at radius 2 is 1.83 bits per heavy atom. The summed E-state index contributed by atoms with van der Waals surface area (Å²) in [7, 11) is 0. The van der Waals surface area contributed by atoms with Crippen LogP contribution in [0.1, 0.15) is 33.9 Å². The summed E-state index contributed by atoms with van der Waals surface area (Å²) in [5, 5.41) is 0. The lowest BCUT2D eigenvalue weighted by atomic mass is 9.93. The van der Waals surface area contributed by atoms with E-state index in [2.05, 4.69) is 44.0 Å². The summed E-state index contributed by atoms with van der Waals surface area (Å²) >= 11 is 0. The highest BCUT2D eigenvalue weighted by Crippen LogP contribution is 2.22. The van der Waals surface area contributed by atoms with Crippen LogP contribution < -0.4 is 5.73 Å². The highest BCUT2D eigenvalue weighted by Gasteiger charge is 2.11. The van der Waals surface area contributed by atoms with Crippen LogP contribution in [-0.2, 0) is 6.42 Å². The zero-order valence-electron chi connectivity index (χ0n) is 11.3. The van der Waals surface area contributed by atoms with Crippen molar-refractivity contribution in [2.24, 2.45) is 5.73 Å². The van der Waals surface area contributed by atoms with Crippen molar-refractivity contribution in [3.05, 3.63) is 64.5 Å². The molecule has 94 valence electrons. The quantitative estimate of drug-likeness (QED) is 0.894. The van der Waals surface area contributed by atoms with Crippen molar-refractivity contribution in [2.45, 2.75) is 33.2 Å². The van der Waals surface area contributed by atoms with Gasteiger partial charge in [0.15, 0.2) is 0 Å². The Hall–Kier alpha value is -1.67. The summed E-state index contributed by atoms with van der Waals surface area (Å²) in [5.74, 6) is 0. The van der Waals surface area contributed by atoms with Gasteiger partial charge >= 0.3 is 0 Å². The molecule has 0 spiro atoms. The van der Waals surface area contributed by atoms with Gasteiger partial charge in [-0.25, -0.2) is 0 Å². The van der Waals surface area contributed by atoms with Crippen molar-refractivity contribution in [1.82, 2.24) is 4.98 Å². The van der Waals surface area contributed by atoms with Crippen LogP contribution in [-0.4, -0.2) is 4.98 Å². The zero-order valence-corrected chi connectivity index (χ0v) is 11.3. The first-order valence-corrected chi connectivity index (χ1v) is 6.30. The fourth-order valence-corrected chi connectivity index (χ4v) is 2.27. The van der Waals surface area contributed by atoms with Crippen molar-refractivity contribution < 1.29 is 0 Å². The van der Waals surface area contributed by atoms with Gasteiger partial charge in [0, 0.05) is 18.4 Å². The van der Waals surface area contributed by atoms with Crippen molar-refractivity contribution in [3.8, 4) is 0 Å². The van der Waals surface area contributed by atoms with Gasteiger partial charge in [-0.2, -0.15) is 0 Å². The Kier molecular flexibility index (Phi) is 3.78. The molecule has 2 nitrogen and oxygen atoms in total. The highest BCUT2D eigenvalue weighted by molar-refractivity contribution is 5.38. The van der Waals surface area contributed by atoms with Crippen LogP contribution >= 0.6 is 0 Å². The number of rotatable bonds is 3. The Morgan fingerprint density at radius 3 is 2.50 bits per heavy atom. The first-order valence-electron chi connectivity index (χ1n) is 6.30. The van der Waals surface area contributed by atoms with E-state index in [-0.39, 0.29) is 6.04 Å². The molecule has 1 atom stereocenters. The summed E-state index contributed by atoms with van der Waals surface area (Å²) in [6.45, 7) is 6.40. The highest BCUT2D eigenvalue weighted by atomic mass is 14.6. The number of aryl methyl sites for hydroxylation is 3. The van der Waals surface area contributed by atoms with Gasteiger partial charge in [0.25, 0.3) is 0 Å². The molecule has 0 fully saturated rings. The predicted molar refractivity (Wildman–Crippen MR) is 75.5 cm³/mol. The number of aromatic nitrogens is 1. The summed E-state index contributed by atoms with van der Waals surface area (Å²) in [5.41, 5.74) is 12.6. The van der Waals surface area contributed by atoms with E-state index in [1.54, 1.807) is 6.20 Å². The molecule has 0 aliphatic heterocycles. The lowest BCUT2D eigenvalue weighted by Gasteiger charge is -2.17. The van der Waals surface area contributed by atoms with Crippen molar-refractivity contribution in [3.63, 3.8) is 0 Å². The molecule has 1 heterocycles. The molecule has 2 aromatic rings. The van der Waals surface area contributed by atoms with Crippen LogP contribution in [0.15, 0.2) is 36.7 Å². The summed E-state index contributed by atoms with van der Waals surface area (Å²) in [6, 6.07) is 8.49. The third kappa shape index (κ3) is 2.77. The fraction of sp³-hybridized carbons (Fsp3) is 0.312. The molecule has 0 amide bonds. The number of hydrogen-bond donors (Lipinski definition) is 1. The van der Waals surface area contributed by atoms with E-state index < -0.39 is 0 Å². The molecule has 1 unspecified atom stereocenters. The van der Waals surface area contributed by atoms with Crippen LogP contribution in [0.25, 0.3) is 0 Å². The number of pyridine rings is 1. The molecule has 2 N–H and O–H groups in total. The first-order chi connectivity index (χ1) is 8.58. The van der Waals surface area contributed by atoms with Gasteiger partial charge in [0.1, 0.15) is 0 Å². The average molecular weight is 240 g/mol. The average Bonchev–Trinajstić information content (AvgIpc) is 2.35. The van der Waals surface area contributed by atoms with Gasteiger partial charge in [0.05, 0.1) is 0 Å². The molecule has 1 aromatic carbocycles. The van der Waals surface area contributed by atoms with Gasteiger partial charge in [-0.05, 0) is 61.1 Å². The molecule has 2 rings (SSSR count). The number of nitrogens with two attached hydrogens (primary N) is 1. The second-order valence-corrected chi connectivity index (χ2v) is 4.96. The minimum Gasteiger partial charge on any atom is -0.324 e. The smallest absolute Gasteiger partial charge is 0.0339 e. The topological polar surface area (TPSA) is 38.9 Å². The molecule has 18 heavy (non-hydrogen) atoms. The van der Waals surface area contributed by atoms with Crippen LogP contribution in [0.5, 0.6) is 0 Å². The van der Waals surface area contributed by atoms with Gasteiger partial charge < -0.3 is 5.73 Å². The van der Waals surface area contributed by atoms with E-state index in [0.717, 1.165) is 6.42 Å². The lowest BCUT2D eigenvalue weighted by Crippen LogP contribution is -2.15. The van der Waals surface area contributed by atoms with Gasteiger partial charge in [-0.3, -0.25) is 4.98 Å². The Bertz CT molecular complexity index is 532. The molecule has 0 aliphatic rings. The van der Waals surface area contributed by atoms with E-state index in [1.165, 1.54) is 27.8 Å². The normalized spacial score (nSPS) is 12.4. The fourth-order valence-electron chi connectivity index (χ4n) is 2.27. The van der Waals surface area contributed by atoms with Gasteiger partial charge in [-0.15, -0.1) is 0 Å². The maximum atomic E-state index is 6.32. The Morgan fingerprint density at radius 1 is 1.11 bits per heavy atom. The monoisotopic (exact) mass is 240 g/mol. The Labute approximate surface area is 109 Å². The van der Waals surface area contributed by atoms with Crippen LogP contribution in [0.4, 0.5) is 0 Å². The van der Waals surface area contributed by atoms with E-state index >= 15 is 0 Å².